The van der Waals surface area contributed by atoms with Crippen LogP contribution >= 0.6 is 15.9 Å². The lowest BCUT2D eigenvalue weighted by Gasteiger charge is -2.10. The number of hydrogen-bond donors (Lipinski definition) is 0. The average Bonchev–Trinajstić information content (AvgIpc) is 2.74. The summed E-state index contributed by atoms with van der Waals surface area (Å²) in [7, 11) is 0. The molecule has 0 bridgehead atoms. The predicted octanol–water partition coefficient (Wildman–Crippen LogP) is 4.30. The van der Waals surface area contributed by atoms with Gasteiger partial charge in [-0.1, -0.05) is 28.1 Å². The third-order valence-electron chi connectivity index (χ3n) is 3.63. The van der Waals surface area contributed by atoms with Gasteiger partial charge in [-0.2, -0.15) is 0 Å². The molecule has 0 spiro atoms. The molecular formula is C16H15BrO2. The average molecular weight is 319 g/mol. The number of esters is 1. The second-order valence-corrected chi connectivity index (χ2v) is 5.87. The van der Waals surface area contributed by atoms with Gasteiger partial charge in [-0.25, -0.2) is 4.79 Å². The molecule has 0 saturated heterocycles. The van der Waals surface area contributed by atoms with E-state index in [2.05, 4.69) is 28.1 Å². The summed E-state index contributed by atoms with van der Waals surface area (Å²) in [4.78, 5) is 11.8. The van der Waals surface area contributed by atoms with Crippen LogP contribution < -0.4 is 0 Å². The molecule has 2 nitrogen and oxygen atoms in total. The summed E-state index contributed by atoms with van der Waals surface area (Å²) >= 11 is 3.47. The summed E-state index contributed by atoms with van der Waals surface area (Å²) in [6.07, 6.45) is 6.94. The van der Waals surface area contributed by atoms with Crippen LogP contribution in [0.3, 0.4) is 0 Å². The van der Waals surface area contributed by atoms with Gasteiger partial charge < -0.3 is 4.74 Å². The molecule has 0 saturated carbocycles. The second kappa shape index (κ2) is 5.33. The molecule has 3 rings (SSSR count). The highest BCUT2D eigenvalue weighted by Crippen LogP contribution is 2.36. The van der Waals surface area contributed by atoms with E-state index in [1.54, 1.807) is 0 Å². The minimum absolute atomic E-state index is 0.129. The summed E-state index contributed by atoms with van der Waals surface area (Å²) in [5.74, 6) is 0.662. The lowest BCUT2D eigenvalue weighted by Crippen LogP contribution is -2.01. The zero-order valence-corrected chi connectivity index (χ0v) is 12.2. The molecule has 19 heavy (non-hydrogen) atoms. The minimum atomic E-state index is -0.129. The molecule has 0 atom stereocenters. The highest BCUT2D eigenvalue weighted by atomic mass is 79.9. The van der Waals surface area contributed by atoms with Crippen molar-refractivity contribution in [3.05, 3.63) is 57.3 Å². The Hall–Kier alpha value is -1.35. The summed E-state index contributed by atoms with van der Waals surface area (Å²) in [5.41, 5.74) is 3.26. The first-order valence-corrected chi connectivity index (χ1v) is 7.42. The zero-order chi connectivity index (χ0) is 13.2. The van der Waals surface area contributed by atoms with Crippen molar-refractivity contribution < 1.29 is 9.53 Å². The predicted molar refractivity (Wildman–Crippen MR) is 77.5 cm³/mol. The molecule has 1 aliphatic heterocycles. The van der Waals surface area contributed by atoms with Crippen molar-refractivity contribution in [2.75, 3.05) is 0 Å². The number of benzene rings is 1. The van der Waals surface area contributed by atoms with E-state index in [0.29, 0.717) is 0 Å². The fourth-order valence-corrected chi connectivity index (χ4v) is 3.11. The molecule has 1 heterocycles. The standard InChI is InChI=1S/C16H15BrO2/c17-12-5-3-4-11(10-12)8-9-15-13-6-1-2-7-14(13)16(18)19-15/h3-5,9-10H,1-2,6-8H2/b15-9+. The van der Waals surface area contributed by atoms with Gasteiger partial charge in [0, 0.05) is 15.6 Å². The monoisotopic (exact) mass is 318 g/mol. The summed E-state index contributed by atoms with van der Waals surface area (Å²) in [5, 5.41) is 0. The highest BCUT2D eigenvalue weighted by molar-refractivity contribution is 9.10. The van der Waals surface area contributed by atoms with Crippen molar-refractivity contribution in [2.45, 2.75) is 32.1 Å². The fourth-order valence-electron chi connectivity index (χ4n) is 2.66. The van der Waals surface area contributed by atoms with Gasteiger partial charge >= 0.3 is 5.97 Å². The molecule has 98 valence electrons. The normalized spacial score (nSPS) is 20.7. The van der Waals surface area contributed by atoms with Gasteiger partial charge in [0.1, 0.15) is 5.76 Å². The number of carbonyl (C=O) groups is 1. The van der Waals surface area contributed by atoms with Gasteiger partial charge in [0.15, 0.2) is 0 Å². The lowest BCUT2D eigenvalue weighted by molar-refractivity contribution is -0.133. The van der Waals surface area contributed by atoms with Crippen LogP contribution in [0.15, 0.2) is 51.7 Å². The summed E-state index contributed by atoms with van der Waals surface area (Å²) < 4.78 is 6.47. The van der Waals surface area contributed by atoms with Gasteiger partial charge in [0.2, 0.25) is 0 Å². The molecule has 1 aromatic carbocycles. The molecule has 2 aliphatic rings. The van der Waals surface area contributed by atoms with E-state index >= 15 is 0 Å². The number of allylic oxidation sites excluding steroid dienone is 2. The first-order valence-electron chi connectivity index (χ1n) is 6.63. The third kappa shape index (κ3) is 2.66. The molecule has 0 aromatic heterocycles. The fraction of sp³-hybridized carbons (Fsp3) is 0.312. The minimum Gasteiger partial charge on any atom is -0.423 e. The first kappa shape index (κ1) is 12.7. The van der Waals surface area contributed by atoms with E-state index in [-0.39, 0.29) is 5.97 Å². The number of hydrogen-bond acceptors (Lipinski definition) is 2. The molecule has 0 radical (unpaired) electrons. The molecule has 0 N–H and O–H groups in total. The van der Waals surface area contributed by atoms with Crippen LogP contribution in [0.4, 0.5) is 0 Å². The van der Waals surface area contributed by atoms with Crippen LogP contribution in [-0.4, -0.2) is 5.97 Å². The maximum Gasteiger partial charge on any atom is 0.339 e. The van der Waals surface area contributed by atoms with Crippen molar-refractivity contribution >= 4 is 21.9 Å². The molecule has 1 aromatic rings. The Kier molecular flexibility index (Phi) is 3.56. The molecule has 0 amide bonds. The van der Waals surface area contributed by atoms with Crippen molar-refractivity contribution in [1.82, 2.24) is 0 Å². The van der Waals surface area contributed by atoms with Crippen molar-refractivity contribution in [1.29, 1.82) is 0 Å². The van der Waals surface area contributed by atoms with E-state index in [0.717, 1.165) is 53.5 Å². The van der Waals surface area contributed by atoms with Gasteiger partial charge in [0.25, 0.3) is 0 Å². The third-order valence-corrected chi connectivity index (χ3v) is 4.12. The van der Waals surface area contributed by atoms with Crippen molar-refractivity contribution in [2.24, 2.45) is 0 Å². The van der Waals surface area contributed by atoms with Crippen LogP contribution in [0.5, 0.6) is 0 Å². The quantitative estimate of drug-likeness (QED) is 0.760. The Morgan fingerprint density at radius 1 is 1.21 bits per heavy atom. The van der Waals surface area contributed by atoms with E-state index < -0.39 is 0 Å². The Labute approximate surface area is 121 Å². The molecule has 3 heteroatoms. The van der Waals surface area contributed by atoms with Crippen LogP contribution in [0, 0.1) is 0 Å². The number of halogens is 1. The number of ether oxygens (including phenoxy) is 1. The van der Waals surface area contributed by atoms with E-state index in [1.807, 2.05) is 18.2 Å². The summed E-state index contributed by atoms with van der Waals surface area (Å²) in [6.45, 7) is 0. The smallest absolute Gasteiger partial charge is 0.339 e. The van der Waals surface area contributed by atoms with Crippen LogP contribution in [0.2, 0.25) is 0 Å². The molecule has 0 unspecified atom stereocenters. The van der Waals surface area contributed by atoms with Gasteiger partial charge in [-0.15, -0.1) is 0 Å². The second-order valence-electron chi connectivity index (χ2n) is 4.96. The number of rotatable bonds is 2. The zero-order valence-electron chi connectivity index (χ0n) is 10.6. The van der Waals surface area contributed by atoms with Crippen LogP contribution in [-0.2, 0) is 16.0 Å². The number of carbonyl (C=O) groups excluding carboxylic acids is 1. The van der Waals surface area contributed by atoms with Crippen molar-refractivity contribution in [3.8, 4) is 0 Å². The highest BCUT2D eigenvalue weighted by Gasteiger charge is 2.30. The largest absolute Gasteiger partial charge is 0.423 e. The van der Waals surface area contributed by atoms with E-state index in [1.165, 1.54) is 5.56 Å². The SMILES string of the molecule is O=C1O/C(=C/Cc2cccc(Br)c2)C2=C1CCCC2. The molecule has 1 aliphatic carbocycles. The summed E-state index contributed by atoms with van der Waals surface area (Å²) in [6, 6.07) is 8.19. The Balaban J connectivity index is 1.81. The van der Waals surface area contributed by atoms with Crippen LogP contribution in [0.25, 0.3) is 0 Å². The van der Waals surface area contributed by atoms with E-state index in [4.69, 9.17) is 4.74 Å². The lowest BCUT2D eigenvalue weighted by atomic mass is 9.92. The Morgan fingerprint density at radius 2 is 2.00 bits per heavy atom. The number of cyclic esters (lactones) is 1. The van der Waals surface area contributed by atoms with Crippen LogP contribution in [0.1, 0.15) is 31.2 Å². The maximum absolute atomic E-state index is 11.8. The molecule has 0 fully saturated rings. The van der Waals surface area contributed by atoms with Gasteiger partial charge in [0.05, 0.1) is 0 Å². The maximum atomic E-state index is 11.8. The van der Waals surface area contributed by atoms with Crippen molar-refractivity contribution in [3.63, 3.8) is 0 Å². The van der Waals surface area contributed by atoms with E-state index in [9.17, 15) is 4.79 Å². The Morgan fingerprint density at radius 3 is 2.79 bits per heavy atom. The Bertz CT molecular complexity index is 584. The van der Waals surface area contributed by atoms with Gasteiger partial charge in [-0.3, -0.25) is 0 Å². The molecular weight excluding hydrogens is 304 g/mol. The first-order chi connectivity index (χ1) is 9.24. The topological polar surface area (TPSA) is 26.3 Å². The van der Waals surface area contributed by atoms with Gasteiger partial charge in [-0.05, 0) is 55.9 Å².